The van der Waals surface area contributed by atoms with Gasteiger partial charge in [-0.05, 0) is 25.0 Å². The highest BCUT2D eigenvalue weighted by atomic mass is 16.5. The van der Waals surface area contributed by atoms with Crippen LogP contribution in [-0.2, 0) is 16.8 Å². The predicted molar refractivity (Wildman–Crippen MR) is 88.7 cm³/mol. The third-order valence-electron chi connectivity index (χ3n) is 4.29. The van der Waals surface area contributed by atoms with Crippen molar-refractivity contribution in [2.75, 3.05) is 14.2 Å². The first-order valence-electron chi connectivity index (χ1n) is 7.75. The lowest BCUT2D eigenvalue weighted by Crippen LogP contribution is -2.36. The summed E-state index contributed by atoms with van der Waals surface area (Å²) in [5.74, 6) is 1.56. The van der Waals surface area contributed by atoms with E-state index in [4.69, 9.17) is 9.47 Å². The zero-order chi connectivity index (χ0) is 16.3. The Balaban J connectivity index is 1.75. The van der Waals surface area contributed by atoms with Crippen molar-refractivity contribution in [1.82, 2.24) is 5.32 Å². The molecule has 3 rings (SSSR count). The number of hydrogen-bond acceptors (Lipinski definition) is 3. The van der Waals surface area contributed by atoms with E-state index < -0.39 is 0 Å². The van der Waals surface area contributed by atoms with Crippen molar-refractivity contribution in [3.8, 4) is 11.5 Å². The van der Waals surface area contributed by atoms with E-state index in [9.17, 15) is 4.79 Å². The molecule has 1 amide bonds. The van der Waals surface area contributed by atoms with Gasteiger partial charge >= 0.3 is 0 Å². The van der Waals surface area contributed by atoms with Crippen LogP contribution in [0.25, 0.3) is 0 Å². The van der Waals surface area contributed by atoms with Crippen molar-refractivity contribution in [2.45, 2.75) is 24.8 Å². The standard InChI is InChI=1S/C19H21NO3/c1-22-16-9-5-3-7-14(16)13-18(21)20-19(11-12-19)15-8-4-6-10-17(15)23-2/h3-10H,11-13H2,1-2H3,(H,20,21). The molecule has 120 valence electrons. The zero-order valence-electron chi connectivity index (χ0n) is 13.5. The quantitative estimate of drug-likeness (QED) is 0.892. The maximum atomic E-state index is 12.5. The number of ether oxygens (including phenoxy) is 2. The summed E-state index contributed by atoms with van der Waals surface area (Å²) < 4.78 is 10.7. The predicted octanol–water partition coefficient (Wildman–Crippen LogP) is 3.05. The Hall–Kier alpha value is -2.49. The number of rotatable bonds is 6. The van der Waals surface area contributed by atoms with Crippen LogP contribution in [0.3, 0.4) is 0 Å². The lowest BCUT2D eigenvalue weighted by Gasteiger charge is -2.21. The molecule has 0 aliphatic heterocycles. The molecule has 4 nitrogen and oxygen atoms in total. The van der Waals surface area contributed by atoms with Crippen LogP contribution in [-0.4, -0.2) is 20.1 Å². The summed E-state index contributed by atoms with van der Waals surface area (Å²) in [6.07, 6.45) is 2.18. The Morgan fingerprint density at radius 2 is 1.61 bits per heavy atom. The summed E-state index contributed by atoms with van der Waals surface area (Å²) in [7, 11) is 3.28. The molecule has 1 N–H and O–H groups in total. The number of hydrogen-bond donors (Lipinski definition) is 1. The summed E-state index contributed by atoms with van der Waals surface area (Å²) in [4.78, 5) is 12.5. The van der Waals surface area contributed by atoms with E-state index in [1.165, 1.54) is 0 Å². The van der Waals surface area contributed by atoms with Crippen molar-refractivity contribution < 1.29 is 14.3 Å². The molecule has 4 heteroatoms. The van der Waals surface area contributed by atoms with E-state index in [0.717, 1.165) is 35.5 Å². The Kier molecular flexibility index (Phi) is 4.24. The van der Waals surface area contributed by atoms with Crippen LogP contribution < -0.4 is 14.8 Å². The Morgan fingerprint density at radius 3 is 2.26 bits per heavy atom. The molecule has 2 aromatic rings. The third kappa shape index (κ3) is 3.16. The van der Waals surface area contributed by atoms with Crippen LogP contribution in [0.1, 0.15) is 24.0 Å². The minimum atomic E-state index is -0.286. The van der Waals surface area contributed by atoms with Gasteiger partial charge in [0, 0.05) is 11.1 Å². The van der Waals surface area contributed by atoms with Gasteiger partial charge in [0.2, 0.25) is 5.91 Å². The first kappa shape index (κ1) is 15.4. The van der Waals surface area contributed by atoms with Crippen molar-refractivity contribution >= 4 is 5.91 Å². The van der Waals surface area contributed by atoms with Crippen molar-refractivity contribution in [2.24, 2.45) is 0 Å². The molecular weight excluding hydrogens is 290 g/mol. The highest BCUT2D eigenvalue weighted by molar-refractivity contribution is 5.81. The fraction of sp³-hybridized carbons (Fsp3) is 0.316. The summed E-state index contributed by atoms with van der Waals surface area (Å²) in [6, 6.07) is 15.5. The van der Waals surface area contributed by atoms with E-state index in [-0.39, 0.29) is 11.4 Å². The van der Waals surface area contributed by atoms with Gasteiger partial charge in [0.05, 0.1) is 26.2 Å². The minimum Gasteiger partial charge on any atom is -0.496 e. The molecule has 0 heterocycles. The van der Waals surface area contributed by atoms with E-state index >= 15 is 0 Å². The van der Waals surface area contributed by atoms with Crippen molar-refractivity contribution in [1.29, 1.82) is 0 Å². The number of carbonyl (C=O) groups excluding carboxylic acids is 1. The van der Waals surface area contributed by atoms with Gasteiger partial charge in [-0.3, -0.25) is 4.79 Å². The van der Waals surface area contributed by atoms with Crippen molar-refractivity contribution in [3.05, 3.63) is 59.7 Å². The summed E-state index contributed by atoms with van der Waals surface area (Å²) in [6.45, 7) is 0. The molecule has 0 saturated heterocycles. The number of methoxy groups -OCH3 is 2. The molecule has 0 radical (unpaired) electrons. The molecule has 1 fully saturated rings. The molecule has 0 atom stereocenters. The first-order chi connectivity index (χ1) is 11.2. The van der Waals surface area contributed by atoms with Gasteiger partial charge in [-0.2, -0.15) is 0 Å². The molecule has 23 heavy (non-hydrogen) atoms. The number of para-hydroxylation sites is 2. The lowest BCUT2D eigenvalue weighted by atomic mass is 10.0. The van der Waals surface area contributed by atoms with E-state index in [1.54, 1.807) is 14.2 Å². The van der Waals surface area contributed by atoms with Gasteiger partial charge in [0.25, 0.3) is 0 Å². The van der Waals surface area contributed by atoms with Crippen LogP contribution in [0.2, 0.25) is 0 Å². The monoisotopic (exact) mass is 311 g/mol. The van der Waals surface area contributed by atoms with Crippen LogP contribution in [0.4, 0.5) is 0 Å². The van der Waals surface area contributed by atoms with Crippen molar-refractivity contribution in [3.63, 3.8) is 0 Å². The molecular formula is C19H21NO3. The second kappa shape index (κ2) is 6.32. The van der Waals surface area contributed by atoms with Gasteiger partial charge in [-0.1, -0.05) is 36.4 Å². The molecule has 0 spiro atoms. The summed E-state index contributed by atoms with van der Waals surface area (Å²) >= 11 is 0. The Morgan fingerprint density at radius 1 is 1.00 bits per heavy atom. The average Bonchev–Trinajstić information content (AvgIpc) is 3.35. The van der Waals surface area contributed by atoms with Crippen LogP contribution in [0, 0.1) is 0 Å². The highest BCUT2D eigenvalue weighted by Crippen LogP contribution is 2.48. The molecule has 1 saturated carbocycles. The first-order valence-corrected chi connectivity index (χ1v) is 7.75. The van der Waals surface area contributed by atoms with Gasteiger partial charge in [0.1, 0.15) is 11.5 Å². The highest BCUT2D eigenvalue weighted by Gasteiger charge is 2.47. The third-order valence-corrected chi connectivity index (χ3v) is 4.29. The van der Waals surface area contributed by atoms with Crippen LogP contribution in [0.15, 0.2) is 48.5 Å². The molecule has 0 bridgehead atoms. The summed E-state index contributed by atoms with van der Waals surface area (Å²) in [5.41, 5.74) is 1.66. The lowest BCUT2D eigenvalue weighted by molar-refractivity contribution is -0.121. The fourth-order valence-corrected chi connectivity index (χ4v) is 2.96. The number of amides is 1. The van der Waals surface area contributed by atoms with E-state index in [2.05, 4.69) is 5.32 Å². The van der Waals surface area contributed by atoms with Crippen LogP contribution >= 0.6 is 0 Å². The normalized spacial score (nSPS) is 14.9. The van der Waals surface area contributed by atoms with Crippen LogP contribution in [0.5, 0.6) is 11.5 Å². The largest absolute Gasteiger partial charge is 0.496 e. The SMILES string of the molecule is COc1ccccc1CC(=O)NC1(c2ccccc2OC)CC1. The van der Waals surface area contributed by atoms with E-state index in [0.29, 0.717) is 6.42 Å². The van der Waals surface area contributed by atoms with Gasteiger partial charge in [-0.25, -0.2) is 0 Å². The Bertz CT molecular complexity index is 707. The molecule has 1 aliphatic carbocycles. The topological polar surface area (TPSA) is 47.6 Å². The van der Waals surface area contributed by atoms with E-state index in [1.807, 2.05) is 48.5 Å². The maximum Gasteiger partial charge on any atom is 0.225 e. The molecule has 0 unspecified atom stereocenters. The fourth-order valence-electron chi connectivity index (χ4n) is 2.96. The minimum absolute atomic E-state index is 0.00194. The smallest absolute Gasteiger partial charge is 0.225 e. The van der Waals surface area contributed by atoms with Gasteiger partial charge < -0.3 is 14.8 Å². The number of benzene rings is 2. The second-order valence-electron chi connectivity index (χ2n) is 5.82. The number of nitrogens with one attached hydrogen (secondary N) is 1. The van der Waals surface area contributed by atoms with Gasteiger partial charge in [-0.15, -0.1) is 0 Å². The molecule has 2 aromatic carbocycles. The maximum absolute atomic E-state index is 12.5. The summed E-state index contributed by atoms with van der Waals surface area (Å²) in [5, 5.41) is 3.18. The average molecular weight is 311 g/mol. The second-order valence-corrected chi connectivity index (χ2v) is 5.82. The van der Waals surface area contributed by atoms with Gasteiger partial charge in [0.15, 0.2) is 0 Å². The molecule has 1 aliphatic rings. The number of carbonyl (C=O) groups is 1. The molecule has 0 aromatic heterocycles. The Labute approximate surface area is 136 Å². The zero-order valence-corrected chi connectivity index (χ0v) is 13.5.